The first kappa shape index (κ1) is 17.1. The molecule has 1 fully saturated rings. The van der Waals surface area contributed by atoms with Crippen molar-refractivity contribution in [2.24, 2.45) is 17.6 Å². The van der Waals surface area contributed by atoms with Gasteiger partial charge < -0.3 is 5.73 Å². The second-order valence-electron chi connectivity index (χ2n) is 6.73. The van der Waals surface area contributed by atoms with Crippen molar-refractivity contribution in [2.45, 2.75) is 45.1 Å². The lowest BCUT2D eigenvalue weighted by Gasteiger charge is -2.45. The Balaban J connectivity index is 0.00000161. The normalized spacial score (nSPS) is 25.0. The Kier molecular flexibility index (Phi) is 5.00. The summed E-state index contributed by atoms with van der Waals surface area (Å²) in [4.78, 5) is 0. The fraction of sp³-hybridized carbons (Fsp3) is 0.529. The minimum atomic E-state index is -0.259. The van der Waals surface area contributed by atoms with Crippen LogP contribution in [0.2, 0.25) is 10.0 Å². The van der Waals surface area contributed by atoms with Gasteiger partial charge in [0.05, 0.1) is 10.0 Å². The maximum atomic E-state index is 6.48. The Morgan fingerprint density at radius 2 is 1.57 bits per heavy atom. The van der Waals surface area contributed by atoms with Crippen LogP contribution >= 0.6 is 35.6 Å². The number of nitrogens with two attached hydrogens (primary N) is 1. The van der Waals surface area contributed by atoms with Crippen molar-refractivity contribution in [3.63, 3.8) is 0 Å². The van der Waals surface area contributed by atoms with E-state index >= 15 is 0 Å². The zero-order valence-corrected chi connectivity index (χ0v) is 14.8. The van der Waals surface area contributed by atoms with E-state index in [1.165, 1.54) is 42.4 Å². The van der Waals surface area contributed by atoms with Gasteiger partial charge in [-0.3, -0.25) is 0 Å². The number of allylic oxidation sites excluding steroid dienone is 1. The SMILES string of the molecule is CC(C)(N)C1=C(c2ccc(Cl)c(Cl)c2)C2CCC1CC2.Cl. The molecule has 1 saturated carbocycles. The maximum absolute atomic E-state index is 6.48. The number of hydrogen-bond donors (Lipinski definition) is 1. The molecule has 0 radical (unpaired) electrons. The molecule has 1 aromatic carbocycles. The first-order valence-corrected chi connectivity index (χ1v) is 8.12. The predicted octanol–water partition coefficient (Wildman–Crippen LogP) is 5.73. The molecule has 0 heterocycles. The fourth-order valence-corrected chi connectivity index (χ4v) is 4.34. The summed E-state index contributed by atoms with van der Waals surface area (Å²) in [6.07, 6.45) is 5.12. The third-order valence-corrected chi connectivity index (χ3v) is 5.50. The third-order valence-electron chi connectivity index (χ3n) is 4.76. The van der Waals surface area contributed by atoms with Crippen LogP contribution in [0.15, 0.2) is 23.8 Å². The molecule has 0 aromatic heterocycles. The summed E-state index contributed by atoms with van der Waals surface area (Å²) in [5, 5.41) is 1.25. The Morgan fingerprint density at radius 1 is 1.00 bits per heavy atom. The molecule has 4 rings (SSSR count). The molecule has 0 spiro atoms. The van der Waals surface area contributed by atoms with E-state index in [4.69, 9.17) is 28.9 Å². The second-order valence-corrected chi connectivity index (χ2v) is 7.54. The number of rotatable bonds is 2. The fourth-order valence-electron chi connectivity index (χ4n) is 4.04. The van der Waals surface area contributed by atoms with Crippen LogP contribution in [0.4, 0.5) is 0 Å². The number of fused-ring (bicyclic) bond motifs is 2. The van der Waals surface area contributed by atoms with Gasteiger partial charge in [0, 0.05) is 5.54 Å². The van der Waals surface area contributed by atoms with Crippen LogP contribution in [0.3, 0.4) is 0 Å². The summed E-state index contributed by atoms with van der Waals surface area (Å²) < 4.78 is 0. The molecule has 4 heteroatoms. The summed E-state index contributed by atoms with van der Waals surface area (Å²) in [7, 11) is 0. The van der Waals surface area contributed by atoms with E-state index in [2.05, 4.69) is 19.9 Å². The first-order chi connectivity index (χ1) is 9.38. The van der Waals surface area contributed by atoms with E-state index in [0.29, 0.717) is 21.9 Å². The van der Waals surface area contributed by atoms with Gasteiger partial charge in [-0.25, -0.2) is 0 Å². The van der Waals surface area contributed by atoms with E-state index in [-0.39, 0.29) is 17.9 Å². The van der Waals surface area contributed by atoms with E-state index in [0.717, 1.165) is 0 Å². The molecule has 0 unspecified atom stereocenters. The van der Waals surface area contributed by atoms with E-state index in [1.54, 1.807) is 0 Å². The molecule has 3 aliphatic carbocycles. The van der Waals surface area contributed by atoms with Crippen molar-refractivity contribution >= 4 is 41.2 Å². The predicted molar refractivity (Wildman–Crippen MR) is 94.3 cm³/mol. The number of halogens is 3. The van der Waals surface area contributed by atoms with Crippen LogP contribution in [-0.4, -0.2) is 5.54 Å². The lowest BCUT2D eigenvalue weighted by atomic mass is 9.61. The van der Waals surface area contributed by atoms with E-state index in [1.807, 2.05) is 12.1 Å². The van der Waals surface area contributed by atoms with Gasteiger partial charge in [0.2, 0.25) is 0 Å². The molecule has 0 saturated heterocycles. The molecule has 1 aromatic rings. The van der Waals surface area contributed by atoms with Gasteiger partial charge in [0.25, 0.3) is 0 Å². The Labute approximate surface area is 143 Å². The lowest BCUT2D eigenvalue weighted by molar-refractivity contribution is 0.296. The van der Waals surface area contributed by atoms with Crippen LogP contribution in [0.1, 0.15) is 45.1 Å². The average Bonchev–Trinajstić information content (AvgIpc) is 2.41. The summed E-state index contributed by atoms with van der Waals surface area (Å²) in [6, 6.07) is 6.00. The molecular weight excluding hydrogens is 325 g/mol. The Bertz CT molecular complexity index is 564. The largest absolute Gasteiger partial charge is 0.322 e. The van der Waals surface area contributed by atoms with Crippen molar-refractivity contribution in [1.29, 1.82) is 0 Å². The molecule has 1 nitrogen and oxygen atoms in total. The Hall–Kier alpha value is -0.210. The van der Waals surface area contributed by atoms with Crippen molar-refractivity contribution in [1.82, 2.24) is 0 Å². The van der Waals surface area contributed by atoms with Crippen molar-refractivity contribution < 1.29 is 0 Å². The van der Waals surface area contributed by atoms with Crippen LogP contribution < -0.4 is 5.73 Å². The lowest BCUT2D eigenvalue weighted by Crippen LogP contribution is -2.42. The second kappa shape index (κ2) is 6.12. The van der Waals surface area contributed by atoms with Gasteiger partial charge in [-0.15, -0.1) is 12.4 Å². The highest BCUT2D eigenvalue weighted by Crippen LogP contribution is 2.52. The van der Waals surface area contributed by atoms with Crippen molar-refractivity contribution in [3.8, 4) is 0 Å². The van der Waals surface area contributed by atoms with Crippen molar-refractivity contribution in [2.75, 3.05) is 0 Å². The molecule has 0 aliphatic heterocycles. The molecule has 3 aliphatic rings. The highest BCUT2D eigenvalue weighted by molar-refractivity contribution is 6.42. The van der Waals surface area contributed by atoms with Gasteiger partial charge in [-0.05, 0) is 80.2 Å². The third kappa shape index (κ3) is 3.12. The molecule has 0 atom stereocenters. The van der Waals surface area contributed by atoms with Crippen LogP contribution in [0.25, 0.3) is 5.57 Å². The summed E-state index contributed by atoms with van der Waals surface area (Å²) in [6.45, 7) is 4.25. The standard InChI is InChI=1S/C17H21Cl2N.ClH/c1-17(2,20)16-11-5-3-10(4-6-11)15(16)12-7-8-13(18)14(19)9-12;/h7-11H,3-6,20H2,1-2H3;1H. The van der Waals surface area contributed by atoms with Crippen LogP contribution in [0.5, 0.6) is 0 Å². The topological polar surface area (TPSA) is 26.0 Å². The molecule has 0 amide bonds. The van der Waals surface area contributed by atoms with Gasteiger partial charge >= 0.3 is 0 Å². The van der Waals surface area contributed by atoms with E-state index < -0.39 is 0 Å². The monoisotopic (exact) mass is 345 g/mol. The summed E-state index contributed by atoms with van der Waals surface area (Å²) >= 11 is 12.3. The van der Waals surface area contributed by atoms with Gasteiger partial charge in [-0.1, -0.05) is 29.3 Å². The highest BCUT2D eigenvalue weighted by atomic mass is 35.5. The average molecular weight is 347 g/mol. The highest BCUT2D eigenvalue weighted by Gasteiger charge is 2.40. The van der Waals surface area contributed by atoms with Gasteiger partial charge in [0.1, 0.15) is 0 Å². The first-order valence-electron chi connectivity index (χ1n) is 7.37. The van der Waals surface area contributed by atoms with Gasteiger partial charge in [-0.2, -0.15) is 0 Å². The minimum absolute atomic E-state index is 0. The van der Waals surface area contributed by atoms with Crippen LogP contribution in [0, 0.1) is 11.8 Å². The molecule has 2 N–H and O–H groups in total. The Morgan fingerprint density at radius 3 is 2.10 bits per heavy atom. The number of benzene rings is 1. The van der Waals surface area contributed by atoms with Gasteiger partial charge in [0.15, 0.2) is 0 Å². The zero-order chi connectivity index (χ0) is 14.5. The molecule has 2 bridgehead atoms. The molecular formula is C17H22Cl3N. The van der Waals surface area contributed by atoms with E-state index in [9.17, 15) is 0 Å². The summed E-state index contributed by atoms with van der Waals surface area (Å²) in [5.41, 5.74) is 10.3. The smallest absolute Gasteiger partial charge is 0.0598 e. The van der Waals surface area contributed by atoms with Crippen LogP contribution in [-0.2, 0) is 0 Å². The number of hydrogen-bond acceptors (Lipinski definition) is 1. The van der Waals surface area contributed by atoms with Crippen molar-refractivity contribution in [3.05, 3.63) is 39.4 Å². The maximum Gasteiger partial charge on any atom is 0.0598 e. The quantitative estimate of drug-likeness (QED) is 0.727. The zero-order valence-electron chi connectivity index (χ0n) is 12.5. The summed E-state index contributed by atoms with van der Waals surface area (Å²) in [5.74, 6) is 1.28. The molecule has 21 heavy (non-hydrogen) atoms. The minimum Gasteiger partial charge on any atom is -0.322 e. The molecule has 116 valence electrons.